The molecule has 0 aromatic rings. The molecule has 7 atom stereocenters. The van der Waals surface area contributed by atoms with Crippen molar-refractivity contribution in [3.63, 3.8) is 0 Å². The largest absolute Gasteiger partial charge is 0.480 e. The average Bonchev–Trinajstić information content (AvgIpc) is 3.64. The Labute approximate surface area is 319 Å². The van der Waals surface area contributed by atoms with Crippen LogP contribution >= 0.6 is 0 Å². The monoisotopic (exact) mass is 782 g/mol. The summed E-state index contributed by atoms with van der Waals surface area (Å²) >= 11 is 0. The van der Waals surface area contributed by atoms with Gasteiger partial charge in [-0.3, -0.25) is 38.4 Å². The normalized spacial score (nSPS) is 19.1. The SMILES string of the molecule is CC(=O)N1CCC[C@H]1C(=O)N[C@@H](C)C(=O)N[C@@H](CO)C(=O)N[C@H](C(=O)N[C@@H](CCC(N)=O)C(=O)N[C@@H](CO)C(=O)N[C@@H](CC(C)C)C(=O)O)C1CCCCC1. The quantitative estimate of drug-likeness (QED) is 0.0554. The van der Waals surface area contributed by atoms with Gasteiger partial charge in [0, 0.05) is 19.9 Å². The van der Waals surface area contributed by atoms with Crippen LogP contribution in [-0.2, 0) is 43.2 Å². The van der Waals surface area contributed by atoms with E-state index in [-0.39, 0.29) is 31.1 Å². The van der Waals surface area contributed by atoms with Crippen LogP contribution in [-0.4, -0.2) is 135 Å². The molecular formula is C35H58N8O12. The van der Waals surface area contributed by atoms with E-state index in [1.54, 1.807) is 13.8 Å². The highest BCUT2D eigenvalue weighted by atomic mass is 16.4. The van der Waals surface area contributed by atoms with Gasteiger partial charge in [0.15, 0.2) is 0 Å². The molecule has 2 aliphatic rings. The van der Waals surface area contributed by atoms with E-state index in [0.717, 1.165) is 19.3 Å². The highest BCUT2D eigenvalue weighted by Gasteiger charge is 2.38. The first-order chi connectivity index (χ1) is 25.9. The van der Waals surface area contributed by atoms with Gasteiger partial charge in [0.25, 0.3) is 0 Å². The van der Waals surface area contributed by atoms with Gasteiger partial charge in [-0.25, -0.2) is 4.79 Å². The van der Waals surface area contributed by atoms with Crippen LogP contribution in [0.5, 0.6) is 0 Å². The van der Waals surface area contributed by atoms with Gasteiger partial charge in [-0.2, -0.15) is 0 Å². The lowest BCUT2D eigenvalue weighted by Gasteiger charge is -2.32. The molecule has 11 N–H and O–H groups in total. The number of nitrogens with one attached hydrogen (secondary N) is 6. The number of rotatable bonds is 21. The van der Waals surface area contributed by atoms with Crippen molar-refractivity contribution in [3.8, 4) is 0 Å². The molecule has 55 heavy (non-hydrogen) atoms. The van der Waals surface area contributed by atoms with E-state index in [9.17, 15) is 58.5 Å². The van der Waals surface area contributed by atoms with Crippen molar-refractivity contribution in [1.29, 1.82) is 0 Å². The third-order valence-electron chi connectivity index (χ3n) is 9.68. The summed E-state index contributed by atoms with van der Waals surface area (Å²) in [5.41, 5.74) is 5.30. The van der Waals surface area contributed by atoms with Gasteiger partial charge in [-0.1, -0.05) is 33.1 Å². The lowest BCUT2D eigenvalue weighted by atomic mass is 9.83. The van der Waals surface area contributed by atoms with Crippen molar-refractivity contribution >= 4 is 53.2 Å². The number of aliphatic hydroxyl groups excluding tert-OH is 2. The Balaban J connectivity index is 2.21. The van der Waals surface area contributed by atoms with Gasteiger partial charge in [0.2, 0.25) is 47.3 Å². The van der Waals surface area contributed by atoms with Gasteiger partial charge < -0.3 is 57.9 Å². The maximum atomic E-state index is 13.9. The van der Waals surface area contributed by atoms with E-state index in [1.807, 2.05) is 0 Å². The molecule has 2 fully saturated rings. The number of carbonyl (C=O) groups excluding carboxylic acids is 8. The number of amides is 8. The molecule has 1 saturated carbocycles. The van der Waals surface area contributed by atoms with Crippen molar-refractivity contribution in [2.24, 2.45) is 17.6 Å². The molecule has 1 aliphatic heterocycles. The zero-order chi connectivity index (χ0) is 41.4. The standard InChI is InChI=1S/C35H58N8O12/c1-18(2)15-23(35(54)55)39-31(50)24(16-44)41-30(49)22(12-13-27(36)47)38-34(53)28(21-9-6-5-7-10-21)42-32(51)25(17-45)40-29(48)19(3)37-33(52)26-11-8-14-43(26)20(4)46/h18-19,21-26,28,44-45H,5-17H2,1-4H3,(H2,36,47)(H,37,52)(H,38,53)(H,39,50)(H,40,48)(H,41,49)(H,42,51)(H,54,55)/t19-,22-,23-,24-,25-,26-,28-/m0/s1. The maximum absolute atomic E-state index is 13.9. The molecule has 2 rings (SSSR count). The van der Waals surface area contributed by atoms with Gasteiger partial charge >= 0.3 is 5.97 Å². The zero-order valence-corrected chi connectivity index (χ0v) is 31.9. The van der Waals surface area contributed by atoms with E-state index in [2.05, 4.69) is 31.9 Å². The Morgan fingerprint density at radius 2 is 1.20 bits per heavy atom. The topological polar surface area (TPSA) is 316 Å². The highest BCUT2D eigenvalue weighted by Crippen LogP contribution is 2.27. The lowest BCUT2D eigenvalue weighted by Crippen LogP contribution is -2.61. The predicted octanol–water partition coefficient (Wildman–Crippen LogP) is -3.11. The summed E-state index contributed by atoms with van der Waals surface area (Å²) in [5, 5.41) is 44.0. The number of hydrogen-bond acceptors (Lipinski definition) is 11. The third kappa shape index (κ3) is 14.7. The fourth-order valence-corrected chi connectivity index (χ4v) is 6.65. The van der Waals surface area contributed by atoms with Crippen LogP contribution < -0.4 is 37.6 Å². The van der Waals surface area contributed by atoms with Crippen LogP contribution in [0.25, 0.3) is 0 Å². The second-order valence-corrected chi connectivity index (χ2v) is 14.6. The van der Waals surface area contributed by atoms with Crippen LogP contribution in [0.2, 0.25) is 0 Å². The Kier molecular flexibility index (Phi) is 19.0. The van der Waals surface area contributed by atoms with Crippen LogP contribution in [0, 0.1) is 11.8 Å². The molecule has 0 unspecified atom stereocenters. The Hall–Kier alpha value is -4.85. The third-order valence-corrected chi connectivity index (χ3v) is 9.68. The Morgan fingerprint density at radius 3 is 1.73 bits per heavy atom. The molecule has 0 aromatic heterocycles. The minimum absolute atomic E-state index is 0.0661. The molecule has 1 heterocycles. The summed E-state index contributed by atoms with van der Waals surface area (Å²) in [6.07, 6.45) is 3.69. The van der Waals surface area contributed by atoms with Crippen LogP contribution in [0.15, 0.2) is 0 Å². The number of aliphatic hydroxyl groups is 2. The summed E-state index contributed by atoms with van der Waals surface area (Å²) in [5.74, 6) is -8.15. The fraction of sp³-hybridized carbons (Fsp3) is 0.743. The highest BCUT2D eigenvalue weighted by molar-refractivity contribution is 5.97. The van der Waals surface area contributed by atoms with Gasteiger partial charge in [-0.05, 0) is 57.3 Å². The van der Waals surface area contributed by atoms with Crippen molar-refractivity contribution in [2.75, 3.05) is 19.8 Å². The number of carboxylic acids is 1. The maximum Gasteiger partial charge on any atom is 0.326 e. The number of carbonyl (C=O) groups is 9. The number of aliphatic carboxylic acids is 1. The first-order valence-corrected chi connectivity index (χ1v) is 18.7. The van der Waals surface area contributed by atoms with E-state index < -0.39 is 109 Å². The second kappa shape index (κ2) is 22.5. The van der Waals surface area contributed by atoms with Crippen molar-refractivity contribution in [1.82, 2.24) is 36.8 Å². The molecule has 20 heteroatoms. The van der Waals surface area contributed by atoms with Crippen molar-refractivity contribution in [2.45, 2.75) is 134 Å². The first kappa shape index (κ1) is 46.3. The van der Waals surface area contributed by atoms with E-state index in [1.165, 1.54) is 18.7 Å². The van der Waals surface area contributed by atoms with E-state index >= 15 is 0 Å². The number of likely N-dealkylation sites (tertiary alicyclic amines) is 1. The van der Waals surface area contributed by atoms with Gasteiger partial charge in [-0.15, -0.1) is 0 Å². The van der Waals surface area contributed by atoms with Crippen molar-refractivity contribution < 1.29 is 58.5 Å². The second-order valence-electron chi connectivity index (χ2n) is 14.6. The summed E-state index contributed by atoms with van der Waals surface area (Å²) in [4.78, 5) is 116. The minimum atomic E-state index is -1.63. The molecule has 310 valence electrons. The number of primary amides is 1. The van der Waals surface area contributed by atoms with E-state index in [4.69, 9.17) is 5.73 Å². The summed E-state index contributed by atoms with van der Waals surface area (Å²) < 4.78 is 0. The molecule has 0 bridgehead atoms. The zero-order valence-electron chi connectivity index (χ0n) is 31.9. The first-order valence-electron chi connectivity index (χ1n) is 18.7. The number of carboxylic acid groups (broad SMARTS) is 1. The molecule has 1 aliphatic carbocycles. The molecule has 8 amide bonds. The summed E-state index contributed by atoms with van der Waals surface area (Å²) in [7, 11) is 0. The molecule has 0 spiro atoms. The van der Waals surface area contributed by atoms with E-state index in [0.29, 0.717) is 32.2 Å². The van der Waals surface area contributed by atoms with Crippen molar-refractivity contribution in [3.05, 3.63) is 0 Å². The van der Waals surface area contributed by atoms with Crippen LogP contribution in [0.4, 0.5) is 0 Å². The fourth-order valence-electron chi connectivity index (χ4n) is 6.65. The Bertz CT molecular complexity index is 1400. The molecular weight excluding hydrogens is 724 g/mol. The summed E-state index contributed by atoms with van der Waals surface area (Å²) in [6, 6.07) is -9.21. The number of nitrogens with zero attached hydrogens (tertiary/aromatic N) is 1. The smallest absolute Gasteiger partial charge is 0.326 e. The molecule has 1 saturated heterocycles. The lowest BCUT2D eigenvalue weighted by molar-refractivity contribution is -0.143. The average molecular weight is 783 g/mol. The number of hydrogen-bond donors (Lipinski definition) is 10. The molecule has 20 nitrogen and oxygen atoms in total. The van der Waals surface area contributed by atoms with Gasteiger partial charge in [0.1, 0.15) is 42.3 Å². The summed E-state index contributed by atoms with van der Waals surface area (Å²) in [6.45, 7) is 4.78. The van der Waals surface area contributed by atoms with Crippen LogP contribution in [0.1, 0.15) is 91.9 Å². The Morgan fingerprint density at radius 1 is 0.673 bits per heavy atom. The minimum Gasteiger partial charge on any atom is -0.480 e. The number of nitrogens with two attached hydrogens (primary N) is 1. The molecule has 0 aromatic carbocycles. The van der Waals surface area contributed by atoms with Gasteiger partial charge in [0.05, 0.1) is 13.2 Å². The predicted molar refractivity (Wildman–Crippen MR) is 194 cm³/mol. The van der Waals surface area contributed by atoms with Crippen LogP contribution in [0.3, 0.4) is 0 Å². The molecule has 0 radical (unpaired) electrons.